The third-order valence-electron chi connectivity index (χ3n) is 4.46. The van der Waals surface area contributed by atoms with Crippen molar-refractivity contribution in [3.05, 3.63) is 65.5 Å². The van der Waals surface area contributed by atoms with Gasteiger partial charge >= 0.3 is 0 Å². The molecule has 3 aromatic rings. The van der Waals surface area contributed by atoms with Crippen molar-refractivity contribution in [3.63, 3.8) is 0 Å². The van der Waals surface area contributed by atoms with E-state index >= 15 is 0 Å². The van der Waals surface area contributed by atoms with Crippen LogP contribution in [0.2, 0.25) is 0 Å². The fourth-order valence-corrected chi connectivity index (χ4v) is 3.23. The molecule has 7 heteroatoms. The zero-order valence-electron chi connectivity index (χ0n) is 13.7. The molecule has 128 valence electrons. The molecule has 1 aliphatic rings. The van der Waals surface area contributed by atoms with E-state index in [9.17, 15) is 4.39 Å². The summed E-state index contributed by atoms with van der Waals surface area (Å²) < 4.78 is 20.4. The van der Waals surface area contributed by atoms with Gasteiger partial charge in [0.2, 0.25) is 11.9 Å². The Kier molecular flexibility index (Phi) is 3.76. The van der Waals surface area contributed by atoms with E-state index in [1.807, 2.05) is 24.3 Å². The summed E-state index contributed by atoms with van der Waals surface area (Å²) in [5.41, 5.74) is 7.84. The number of benzene rings is 2. The molecule has 0 saturated carbocycles. The highest BCUT2D eigenvalue weighted by Crippen LogP contribution is 2.38. The largest absolute Gasteiger partial charge is 0.497 e. The number of hydrogen-bond acceptors (Lipinski definition) is 5. The van der Waals surface area contributed by atoms with Crippen molar-refractivity contribution < 1.29 is 9.13 Å². The highest BCUT2D eigenvalue weighted by Gasteiger charge is 2.31. The third kappa shape index (κ3) is 2.88. The average Bonchev–Trinajstić information content (AvgIpc) is 3.01. The molecular weight excluding hydrogens is 321 g/mol. The van der Waals surface area contributed by atoms with Gasteiger partial charge in [-0.2, -0.15) is 4.98 Å². The summed E-state index contributed by atoms with van der Waals surface area (Å²) in [6, 6.07) is 14.3. The number of nitrogens with zero attached hydrogens (tertiary/aromatic N) is 3. The number of rotatable bonds is 3. The molecule has 0 amide bonds. The zero-order chi connectivity index (χ0) is 17.4. The van der Waals surface area contributed by atoms with Crippen LogP contribution >= 0.6 is 0 Å². The molecule has 0 fully saturated rings. The molecule has 4 rings (SSSR count). The van der Waals surface area contributed by atoms with Crippen molar-refractivity contribution in [2.75, 3.05) is 18.2 Å². The van der Waals surface area contributed by atoms with Gasteiger partial charge in [-0.1, -0.05) is 24.3 Å². The number of fused-ring (bicyclic) bond motifs is 1. The van der Waals surface area contributed by atoms with E-state index in [0.717, 1.165) is 23.3 Å². The Labute approximate surface area is 144 Å². The van der Waals surface area contributed by atoms with Crippen molar-refractivity contribution in [2.24, 2.45) is 0 Å². The van der Waals surface area contributed by atoms with Crippen LogP contribution in [0, 0.1) is 5.82 Å². The Balaban J connectivity index is 1.75. The standard InChI is InChI=1S/C18H18FN5O/c1-25-14-4-2-3-12(9-14)16-10-15(11-5-7-13(19)8-6-11)21-18-22-17(20)23-24(16)18/h2-9,15-16H,10H2,1H3,(H3,20,21,22,23)/t15-,16+/m0/s1. The van der Waals surface area contributed by atoms with Crippen molar-refractivity contribution in [1.29, 1.82) is 0 Å². The second kappa shape index (κ2) is 6.08. The van der Waals surface area contributed by atoms with E-state index in [-0.39, 0.29) is 23.8 Å². The van der Waals surface area contributed by atoms with Crippen LogP contribution in [0.4, 0.5) is 16.3 Å². The summed E-state index contributed by atoms with van der Waals surface area (Å²) in [5, 5.41) is 7.66. The van der Waals surface area contributed by atoms with Crippen LogP contribution < -0.4 is 15.8 Å². The SMILES string of the molecule is COc1cccc([C@H]2C[C@@H](c3ccc(F)cc3)Nc3nc(N)nn32)c1. The first kappa shape index (κ1) is 15.4. The Hall–Kier alpha value is -3.09. The van der Waals surface area contributed by atoms with Gasteiger partial charge in [0.05, 0.1) is 19.2 Å². The fourth-order valence-electron chi connectivity index (χ4n) is 3.23. The van der Waals surface area contributed by atoms with E-state index in [4.69, 9.17) is 10.5 Å². The highest BCUT2D eigenvalue weighted by atomic mass is 19.1. The zero-order valence-corrected chi connectivity index (χ0v) is 13.7. The Morgan fingerprint density at radius 1 is 1.20 bits per heavy atom. The summed E-state index contributed by atoms with van der Waals surface area (Å²) in [7, 11) is 1.64. The van der Waals surface area contributed by atoms with Crippen molar-refractivity contribution in [2.45, 2.75) is 18.5 Å². The summed E-state index contributed by atoms with van der Waals surface area (Å²) >= 11 is 0. The average molecular weight is 339 g/mol. The summed E-state index contributed by atoms with van der Waals surface area (Å²) in [4.78, 5) is 4.28. The monoisotopic (exact) mass is 339 g/mol. The van der Waals surface area contributed by atoms with Gasteiger partial charge in [0, 0.05) is 0 Å². The first-order valence-electron chi connectivity index (χ1n) is 8.02. The molecule has 2 atom stereocenters. The smallest absolute Gasteiger partial charge is 0.241 e. The van der Waals surface area contributed by atoms with E-state index in [2.05, 4.69) is 15.4 Å². The lowest BCUT2D eigenvalue weighted by atomic mass is 9.93. The first-order chi connectivity index (χ1) is 12.1. The number of aromatic nitrogens is 3. The summed E-state index contributed by atoms with van der Waals surface area (Å²) in [6.45, 7) is 0. The second-order valence-corrected chi connectivity index (χ2v) is 6.01. The summed E-state index contributed by atoms with van der Waals surface area (Å²) in [6.07, 6.45) is 0.731. The van der Waals surface area contributed by atoms with Crippen LogP contribution in [0.1, 0.15) is 29.6 Å². The topological polar surface area (TPSA) is 78.0 Å². The minimum Gasteiger partial charge on any atom is -0.497 e. The molecular formula is C18H18FN5O. The number of anilines is 2. The maximum absolute atomic E-state index is 13.2. The van der Waals surface area contributed by atoms with Crippen LogP contribution in [0.3, 0.4) is 0 Å². The third-order valence-corrected chi connectivity index (χ3v) is 4.46. The van der Waals surface area contributed by atoms with Gasteiger partial charge in [-0.15, -0.1) is 5.10 Å². The molecule has 0 radical (unpaired) electrons. The number of nitrogen functional groups attached to an aromatic ring is 1. The number of nitrogens with one attached hydrogen (secondary N) is 1. The van der Waals surface area contributed by atoms with Crippen LogP contribution in [0.15, 0.2) is 48.5 Å². The molecule has 3 N–H and O–H groups in total. The maximum Gasteiger partial charge on any atom is 0.241 e. The molecule has 0 saturated heterocycles. The Bertz CT molecular complexity index is 893. The van der Waals surface area contributed by atoms with Gasteiger partial charge in [-0.05, 0) is 41.8 Å². The molecule has 0 bridgehead atoms. The number of halogens is 1. The van der Waals surface area contributed by atoms with E-state index in [1.165, 1.54) is 12.1 Å². The molecule has 0 aliphatic carbocycles. The van der Waals surface area contributed by atoms with E-state index in [1.54, 1.807) is 23.9 Å². The van der Waals surface area contributed by atoms with Crippen molar-refractivity contribution in [1.82, 2.24) is 14.8 Å². The quantitative estimate of drug-likeness (QED) is 0.766. The van der Waals surface area contributed by atoms with Gasteiger partial charge in [0.15, 0.2) is 0 Å². The molecule has 1 aromatic heterocycles. The van der Waals surface area contributed by atoms with Crippen molar-refractivity contribution in [3.8, 4) is 5.75 Å². The van der Waals surface area contributed by atoms with E-state index in [0.29, 0.717) is 5.95 Å². The van der Waals surface area contributed by atoms with Crippen molar-refractivity contribution >= 4 is 11.9 Å². The lowest BCUT2D eigenvalue weighted by Crippen LogP contribution is -2.28. The first-order valence-corrected chi connectivity index (χ1v) is 8.02. The predicted molar refractivity (Wildman–Crippen MR) is 92.9 cm³/mol. The minimum absolute atomic E-state index is 0.0205. The van der Waals surface area contributed by atoms with Gasteiger partial charge in [-0.3, -0.25) is 0 Å². The summed E-state index contributed by atoms with van der Waals surface area (Å²) in [5.74, 6) is 1.35. The number of ether oxygens (including phenoxy) is 1. The van der Waals surface area contributed by atoms with Crippen LogP contribution in [-0.2, 0) is 0 Å². The number of hydrogen-bond donors (Lipinski definition) is 2. The molecule has 0 unspecified atom stereocenters. The van der Waals surface area contributed by atoms with Crippen LogP contribution in [0.5, 0.6) is 5.75 Å². The van der Waals surface area contributed by atoms with Gasteiger partial charge in [0.1, 0.15) is 11.6 Å². The Morgan fingerprint density at radius 3 is 2.76 bits per heavy atom. The minimum atomic E-state index is -0.253. The maximum atomic E-state index is 13.2. The lowest BCUT2D eigenvalue weighted by molar-refractivity contribution is 0.406. The molecule has 2 aromatic carbocycles. The molecule has 6 nitrogen and oxygen atoms in total. The highest BCUT2D eigenvalue weighted by molar-refractivity contribution is 5.42. The second-order valence-electron chi connectivity index (χ2n) is 6.01. The predicted octanol–water partition coefficient (Wildman–Crippen LogP) is 3.15. The molecule has 2 heterocycles. The number of nitrogens with two attached hydrogens (primary N) is 1. The van der Waals surface area contributed by atoms with Gasteiger partial charge in [0.25, 0.3) is 0 Å². The normalized spacial score (nSPS) is 19.1. The van der Waals surface area contributed by atoms with E-state index < -0.39 is 0 Å². The molecule has 0 spiro atoms. The lowest BCUT2D eigenvalue weighted by Gasteiger charge is -2.31. The molecule has 1 aliphatic heterocycles. The fraction of sp³-hybridized carbons (Fsp3) is 0.222. The van der Waals surface area contributed by atoms with Gasteiger partial charge < -0.3 is 15.8 Å². The number of methoxy groups -OCH3 is 1. The Morgan fingerprint density at radius 2 is 2.00 bits per heavy atom. The van der Waals surface area contributed by atoms with Crippen LogP contribution in [0.25, 0.3) is 0 Å². The van der Waals surface area contributed by atoms with Crippen LogP contribution in [-0.4, -0.2) is 21.9 Å². The van der Waals surface area contributed by atoms with Gasteiger partial charge in [-0.25, -0.2) is 9.07 Å². The molecule has 25 heavy (non-hydrogen) atoms.